The number of likely N-dealkylation sites (N-methyl/N-ethyl adjacent to an activating group) is 1. The Balaban J connectivity index is 1.91. The van der Waals surface area contributed by atoms with Gasteiger partial charge in [-0.05, 0) is 42.0 Å². The average molecular weight is 383 g/mol. The number of nitrogens with zero attached hydrogens (tertiary/aromatic N) is 1. The van der Waals surface area contributed by atoms with Gasteiger partial charge < -0.3 is 10.2 Å². The summed E-state index contributed by atoms with van der Waals surface area (Å²) >= 11 is 1.77. The van der Waals surface area contributed by atoms with Gasteiger partial charge in [-0.25, -0.2) is 0 Å². The Labute approximate surface area is 165 Å². The number of benzene rings is 2. The summed E-state index contributed by atoms with van der Waals surface area (Å²) in [4.78, 5) is 27.8. The molecule has 0 bridgehead atoms. The van der Waals surface area contributed by atoms with Gasteiger partial charge >= 0.3 is 0 Å². The van der Waals surface area contributed by atoms with Crippen LogP contribution in [-0.2, 0) is 21.4 Å². The standard InChI is InChI=1S/C22H26N2O2S/c1-24-19-12-7-6-11-18(19)22(21(24)26,15-17-9-4-3-5-10-17)16-20(25)23-13-8-14-27-2/h3-7,9-12H,8,13-16H2,1-2H3,(H,23,25)/t22-/m0/s1. The summed E-state index contributed by atoms with van der Waals surface area (Å²) in [6.45, 7) is 0.646. The van der Waals surface area contributed by atoms with E-state index in [-0.39, 0.29) is 18.2 Å². The second-order valence-electron chi connectivity index (χ2n) is 7.00. The van der Waals surface area contributed by atoms with E-state index >= 15 is 0 Å². The summed E-state index contributed by atoms with van der Waals surface area (Å²) in [5.41, 5.74) is 2.05. The van der Waals surface area contributed by atoms with Gasteiger partial charge in [0.1, 0.15) is 0 Å². The molecule has 0 unspecified atom stereocenters. The van der Waals surface area contributed by atoms with Crippen LogP contribution < -0.4 is 10.2 Å². The summed E-state index contributed by atoms with van der Waals surface area (Å²) in [7, 11) is 1.80. The molecule has 3 rings (SSSR count). The Bertz CT molecular complexity index is 809. The van der Waals surface area contributed by atoms with E-state index in [1.165, 1.54) is 0 Å². The Morgan fingerprint density at radius 3 is 2.56 bits per heavy atom. The number of carbonyl (C=O) groups is 2. The maximum atomic E-state index is 13.3. The van der Waals surface area contributed by atoms with Crippen LogP contribution in [0, 0.1) is 0 Å². The van der Waals surface area contributed by atoms with Crippen molar-refractivity contribution in [3.63, 3.8) is 0 Å². The monoisotopic (exact) mass is 382 g/mol. The molecule has 1 aliphatic heterocycles. The molecule has 0 saturated heterocycles. The first kappa shape index (κ1) is 19.5. The molecule has 1 heterocycles. The molecule has 0 saturated carbocycles. The third kappa shape index (κ3) is 4.03. The maximum absolute atomic E-state index is 13.3. The van der Waals surface area contributed by atoms with E-state index in [0.717, 1.165) is 29.0 Å². The van der Waals surface area contributed by atoms with E-state index in [1.54, 1.807) is 23.7 Å². The molecular weight excluding hydrogens is 356 g/mol. The average Bonchev–Trinajstić information content (AvgIpc) is 2.89. The van der Waals surface area contributed by atoms with Crippen LogP contribution in [0.3, 0.4) is 0 Å². The van der Waals surface area contributed by atoms with Crippen molar-refractivity contribution in [3.05, 3.63) is 65.7 Å². The van der Waals surface area contributed by atoms with Crippen LogP contribution in [0.15, 0.2) is 54.6 Å². The molecule has 142 valence electrons. The minimum atomic E-state index is -0.851. The lowest BCUT2D eigenvalue weighted by Crippen LogP contribution is -2.44. The molecule has 0 spiro atoms. The number of anilines is 1. The minimum Gasteiger partial charge on any atom is -0.356 e. The van der Waals surface area contributed by atoms with E-state index in [2.05, 4.69) is 11.6 Å². The van der Waals surface area contributed by atoms with E-state index in [9.17, 15) is 9.59 Å². The molecule has 2 amide bonds. The number of nitrogens with one attached hydrogen (secondary N) is 1. The summed E-state index contributed by atoms with van der Waals surface area (Å²) in [5, 5.41) is 3.00. The van der Waals surface area contributed by atoms with Crippen LogP contribution in [0.1, 0.15) is 24.0 Å². The lowest BCUT2D eigenvalue weighted by Gasteiger charge is -2.28. The van der Waals surface area contributed by atoms with E-state index < -0.39 is 5.41 Å². The molecule has 2 aromatic rings. The lowest BCUT2D eigenvalue weighted by molar-refractivity contribution is -0.129. The molecular formula is C22H26N2O2S. The number of amides is 2. The molecule has 27 heavy (non-hydrogen) atoms. The zero-order valence-electron chi connectivity index (χ0n) is 15.9. The highest BCUT2D eigenvalue weighted by Gasteiger charge is 2.50. The Morgan fingerprint density at radius 1 is 1.11 bits per heavy atom. The van der Waals surface area contributed by atoms with Crippen molar-refractivity contribution in [3.8, 4) is 0 Å². The van der Waals surface area contributed by atoms with E-state index in [1.807, 2.05) is 54.6 Å². The Morgan fingerprint density at radius 2 is 1.81 bits per heavy atom. The van der Waals surface area contributed by atoms with Crippen LogP contribution >= 0.6 is 11.8 Å². The van der Waals surface area contributed by atoms with Gasteiger partial charge in [0.15, 0.2) is 0 Å². The molecule has 5 heteroatoms. The minimum absolute atomic E-state index is 0.00758. The first-order valence-corrected chi connectivity index (χ1v) is 10.6. The molecule has 0 aliphatic carbocycles. The van der Waals surface area contributed by atoms with Gasteiger partial charge in [-0.15, -0.1) is 0 Å². The largest absolute Gasteiger partial charge is 0.356 e. The van der Waals surface area contributed by atoms with Gasteiger partial charge in [-0.1, -0.05) is 48.5 Å². The summed E-state index contributed by atoms with van der Waals surface area (Å²) < 4.78 is 0. The highest BCUT2D eigenvalue weighted by Crippen LogP contribution is 2.45. The van der Waals surface area contributed by atoms with Crippen molar-refractivity contribution in [2.75, 3.05) is 30.5 Å². The smallest absolute Gasteiger partial charge is 0.238 e. The number of hydrogen-bond donors (Lipinski definition) is 1. The number of thioether (sulfide) groups is 1. The second-order valence-corrected chi connectivity index (χ2v) is 7.98. The van der Waals surface area contributed by atoms with Gasteiger partial charge in [0.2, 0.25) is 11.8 Å². The van der Waals surface area contributed by atoms with E-state index in [0.29, 0.717) is 13.0 Å². The van der Waals surface area contributed by atoms with Crippen molar-refractivity contribution in [1.82, 2.24) is 5.32 Å². The highest BCUT2D eigenvalue weighted by atomic mass is 32.2. The molecule has 1 atom stereocenters. The number of fused-ring (bicyclic) bond motifs is 1. The highest BCUT2D eigenvalue weighted by molar-refractivity contribution is 7.98. The van der Waals surface area contributed by atoms with Crippen LogP contribution in [0.4, 0.5) is 5.69 Å². The molecule has 0 aromatic heterocycles. The van der Waals surface area contributed by atoms with Gasteiger partial charge in [0.05, 0.1) is 5.41 Å². The van der Waals surface area contributed by atoms with Crippen LogP contribution in [0.25, 0.3) is 0 Å². The van der Waals surface area contributed by atoms with Crippen LogP contribution in [-0.4, -0.2) is 37.4 Å². The molecule has 0 fully saturated rings. The fourth-order valence-corrected chi connectivity index (χ4v) is 4.28. The summed E-state index contributed by atoms with van der Waals surface area (Å²) in [5.74, 6) is 0.942. The molecule has 0 radical (unpaired) electrons. The van der Waals surface area contributed by atoms with Crippen molar-refractivity contribution in [1.29, 1.82) is 0 Å². The van der Waals surface area contributed by atoms with Crippen molar-refractivity contribution in [2.24, 2.45) is 0 Å². The summed E-state index contributed by atoms with van der Waals surface area (Å²) in [6, 6.07) is 17.8. The second kappa shape index (κ2) is 8.61. The number of rotatable bonds is 8. The fourth-order valence-electron chi connectivity index (χ4n) is 3.85. The van der Waals surface area contributed by atoms with Crippen molar-refractivity contribution in [2.45, 2.75) is 24.7 Å². The van der Waals surface area contributed by atoms with Gasteiger partial charge in [-0.3, -0.25) is 9.59 Å². The summed E-state index contributed by atoms with van der Waals surface area (Å²) in [6.07, 6.45) is 3.68. The third-order valence-corrected chi connectivity index (χ3v) is 5.85. The van der Waals surface area contributed by atoms with Crippen LogP contribution in [0.5, 0.6) is 0 Å². The first-order chi connectivity index (χ1) is 13.1. The fraction of sp³-hybridized carbons (Fsp3) is 0.364. The SMILES string of the molecule is CSCCCNC(=O)C[C@]1(Cc2ccccc2)C(=O)N(C)c2ccccc21. The lowest BCUT2D eigenvalue weighted by atomic mass is 9.73. The number of hydrogen-bond acceptors (Lipinski definition) is 3. The Kier molecular flexibility index (Phi) is 6.22. The topological polar surface area (TPSA) is 49.4 Å². The normalized spacial score (nSPS) is 18.4. The number of para-hydroxylation sites is 1. The van der Waals surface area contributed by atoms with Crippen molar-refractivity contribution >= 4 is 29.3 Å². The molecule has 2 aromatic carbocycles. The molecule has 1 N–H and O–H groups in total. The van der Waals surface area contributed by atoms with Crippen molar-refractivity contribution < 1.29 is 9.59 Å². The van der Waals surface area contributed by atoms with Gasteiger partial charge in [-0.2, -0.15) is 11.8 Å². The predicted molar refractivity (Wildman–Crippen MR) is 112 cm³/mol. The third-order valence-electron chi connectivity index (χ3n) is 5.15. The Hall–Kier alpha value is -2.27. The first-order valence-electron chi connectivity index (χ1n) is 9.26. The number of carbonyl (C=O) groups excluding carboxylic acids is 2. The van der Waals surface area contributed by atoms with Crippen LogP contribution in [0.2, 0.25) is 0 Å². The zero-order chi connectivity index (χ0) is 19.3. The van der Waals surface area contributed by atoms with E-state index in [4.69, 9.17) is 0 Å². The predicted octanol–water partition coefficient (Wildman–Crippen LogP) is 3.40. The molecule has 1 aliphatic rings. The molecule has 4 nitrogen and oxygen atoms in total. The van der Waals surface area contributed by atoms with Gasteiger partial charge in [0.25, 0.3) is 0 Å². The zero-order valence-corrected chi connectivity index (χ0v) is 16.7. The van der Waals surface area contributed by atoms with Gasteiger partial charge in [0, 0.05) is 25.7 Å². The quantitative estimate of drug-likeness (QED) is 0.712. The maximum Gasteiger partial charge on any atom is 0.238 e.